The lowest BCUT2D eigenvalue weighted by Gasteiger charge is -2.29. The van der Waals surface area contributed by atoms with Crippen molar-refractivity contribution in [3.63, 3.8) is 0 Å². The van der Waals surface area contributed by atoms with Gasteiger partial charge in [0.1, 0.15) is 5.75 Å². The Morgan fingerprint density at radius 1 is 1.00 bits per heavy atom. The molecule has 0 atom stereocenters. The van der Waals surface area contributed by atoms with Crippen LogP contribution in [0.4, 0.5) is 0 Å². The summed E-state index contributed by atoms with van der Waals surface area (Å²) in [5.74, 6) is 1.80. The molecule has 1 aliphatic rings. The van der Waals surface area contributed by atoms with Crippen LogP contribution >= 0.6 is 0 Å². The highest BCUT2D eigenvalue weighted by molar-refractivity contribution is 5.84. The highest BCUT2D eigenvalue weighted by atomic mass is 16.5. The molecule has 0 amide bonds. The third-order valence-corrected chi connectivity index (χ3v) is 6.01. The van der Waals surface area contributed by atoms with Crippen LogP contribution < -0.4 is 10.5 Å². The highest BCUT2D eigenvalue weighted by Gasteiger charge is 2.26. The first-order chi connectivity index (χ1) is 13.1. The molecule has 0 unspecified atom stereocenters. The first-order valence-corrected chi connectivity index (χ1v) is 10.3. The Kier molecular flexibility index (Phi) is 6.74. The van der Waals surface area contributed by atoms with Gasteiger partial charge in [0, 0.05) is 0 Å². The van der Waals surface area contributed by atoms with Crippen molar-refractivity contribution in [1.82, 2.24) is 0 Å². The summed E-state index contributed by atoms with van der Waals surface area (Å²) >= 11 is 0. The molecule has 0 aliphatic heterocycles. The normalized spacial score (nSPS) is 20.7. The molecular weight excluding hydrogens is 338 g/mol. The van der Waals surface area contributed by atoms with E-state index >= 15 is 0 Å². The van der Waals surface area contributed by atoms with Gasteiger partial charge < -0.3 is 20.7 Å². The number of hydrogen-bond acceptors (Lipinski definition) is 4. The van der Waals surface area contributed by atoms with E-state index < -0.39 is 5.54 Å². The number of ether oxygens (including phenoxy) is 1. The first-order valence-electron chi connectivity index (χ1n) is 10.3. The maximum Gasteiger partial charge on any atom is 0.120 e. The van der Waals surface area contributed by atoms with E-state index in [0.29, 0.717) is 6.10 Å². The Labute approximate surface area is 162 Å². The van der Waals surface area contributed by atoms with Crippen molar-refractivity contribution in [3.05, 3.63) is 42.0 Å². The maximum absolute atomic E-state index is 9.50. The molecule has 0 bridgehead atoms. The van der Waals surface area contributed by atoms with Crippen LogP contribution in [0.25, 0.3) is 10.8 Å². The fourth-order valence-electron chi connectivity index (χ4n) is 4.06. The monoisotopic (exact) mass is 371 g/mol. The second kappa shape index (κ2) is 9.05. The topological polar surface area (TPSA) is 75.7 Å². The minimum atomic E-state index is -1.11. The molecule has 0 aromatic heterocycles. The second-order valence-corrected chi connectivity index (χ2v) is 8.10. The number of rotatable bonds is 8. The van der Waals surface area contributed by atoms with Gasteiger partial charge in [0.25, 0.3) is 0 Å². The van der Waals surface area contributed by atoms with Gasteiger partial charge in [-0.05, 0) is 66.1 Å². The van der Waals surface area contributed by atoms with Crippen molar-refractivity contribution in [2.45, 2.75) is 63.5 Å². The van der Waals surface area contributed by atoms with E-state index in [9.17, 15) is 10.2 Å². The molecule has 148 valence electrons. The number of fused-ring (bicyclic) bond motifs is 1. The van der Waals surface area contributed by atoms with Gasteiger partial charge in [-0.25, -0.2) is 0 Å². The quantitative estimate of drug-likeness (QED) is 0.653. The van der Waals surface area contributed by atoms with Crippen LogP contribution in [0, 0.1) is 5.92 Å². The molecule has 0 spiro atoms. The summed E-state index contributed by atoms with van der Waals surface area (Å²) in [7, 11) is 0. The van der Waals surface area contributed by atoms with Crippen LogP contribution in [0.15, 0.2) is 36.4 Å². The largest absolute Gasteiger partial charge is 0.490 e. The molecule has 2 aromatic carbocycles. The lowest BCUT2D eigenvalue weighted by atomic mass is 9.84. The number of nitrogens with two attached hydrogens (primary N) is 1. The van der Waals surface area contributed by atoms with Crippen LogP contribution in [-0.2, 0) is 5.54 Å². The summed E-state index contributed by atoms with van der Waals surface area (Å²) in [5.41, 5.74) is 5.70. The highest BCUT2D eigenvalue weighted by Crippen LogP contribution is 2.32. The summed E-state index contributed by atoms with van der Waals surface area (Å²) in [5, 5.41) is 21.1. The van der Waals surface area contributed by atoms with Crippen LogP contribution in [0.1, 0.15) is 57.4 Å². The van der Waals surface area contributed by atoms with Crippen molar-refractivity contribution in [1.29, 1.82) is 0 Å². The molecule has 3 rings (SSSR count). The van der Waals surface area contributed by atoms with Crippen molar-refractivity contribution >= 4 is 10.8 Å². The first kappa shape index (κ1) is 20.1. The van der Waals surface area contributed by atoms with Gasteiger partial charge in [0.05, 0.1) is 24.9 Å². The molecule has 0 heterocycles. The van der Waals surface area contributed by atoms with Crippen LogP contribution in [0.5, 0.6) is 5.75 Å². The van der Waals surface area contributed by atoms with E-state index in [1.54, 1.807) is 0 Å². The van der Waals surface area contributed by atoms with E-state index in [2.05, 4.69) is 13.0 Å². The predicted octanol–water partition coefficient (Wildman–Crippen LogP) is 4.11. The number of hydrogen-bond donors (Lipinski definition) is 3. The summed E-state index contributed by atoms with van der Waals surface area (Å²) in [6.07, 6.45) is 9.18. The minimum absolute atomic E-state index is 0.295. The third-order valence-electron chi connectivity index (χ3n) is 6.01. The van der Waals surface area contributed by atoms with Gasteiger partial charge in [0.15, 0.2) is 0 Å². The van der Waals surface area contributed by atoms with E-state index in [1.165, 1.54) is 32.1 Å². The Morgan fingerprint density at radius 2 is 1.67 bits per heavy atom. The smallest absolute Gasteiger partial charge is 0.120 e. The number of aliphatic hydroxyl groups is 2. The van der Waals surface area contributed by atoms with Crippen molar-refractivity contribution < 1.29 is 14.9 Å². The zero-order chi connectivity index (χ0) is 19.3. The zero-order valence-electron chi connectivity index (χ0n) is 16.4. The molecular formula is C23H33NO3. The average Bonchev–Trinajstić information content (AvgIpc) is 2.72. The lowest BCUT2D eigenvalue weighted by Crippen LogP contribution is -2.44. The molecule has 4 N–H and O–H groups in total. The maximum atomic E-state index is 9.50. The Hall–Kier alpha value is -1.62. The summed E-state index contributed by atoms with van der Waals surface area (Å²) in [6, 6.07) is 11.9. The van der Waals surface area contributed by atoms with E-state index in [4.69, 9.17) is 10.5 Å². The van der Waals surface area contributed by atoms with Crippen LogP contribution in [0.2, 0.25) is 0 Å². The third kappa shape index (κ3) is 4.81. The molecule has 2 aromatic rings. The van der Waals surface area contributed by atoms with Crippen molar-refractivity contribution in [2.24, 2.45) is 11.7 Å². The Balaban J connectivity index is 1.65. The van der Waals surface area contributed by atoms with Gasteiger partial charge in [-0.2, -0.15) is 0 Å². The summed E-state index contributed by atoms with van der Waals surface area (Å²) < 4.78 is 6.25. The van der Waals surface area contributed by atoms with Crippen LogP contribution in [0.3, 0.4) is 0 Å². The van der Waals surface area contributed by atoms with E-state index in [1.807, 2.05) is 30.3 Å². The van der Waals surface area contributed by atoms with Crippen molar-refractivity contribution in [2.75, 3.05) is 13.2 Å². The molecule has 1 aliphatic carbocycles. The Morgan fingerprint density at radius 3 is 2.33 bits per heavy atom. The van der Waals surface area contributed by atoms with Gasteiger partial charge in [-0.3, -0.25) is 0 Å². The van der Waals surface area contributed by atoms with Gasteiger partial charge in [-0.15, -0.1) is 0 Å². The van der Waals surface area contributed by atoms with Gasteiger partial charge in [-0.1, -0.05) is 44.4 Å². The minimum Gasteiger partial charge on any atom is -0.490 e. The zero-order valence-corrected chi connectivity index (χ0v) is 16.4. The fraction of sp³-hybridized carbons (Fsp3) is 0.565. The van der Waals surface area contributed by atoms with E-state index in [0.717, 1.165) is 40.8 Å². The Bertz CT molecular complexity index is 733. The standard InChI is InChI=1S/C23H33NO3/c1-2-3-4-17-5-10-21(11-6-17)27-22-12-8-18-13-20(9-7-19(18)14-22)23(24,15-25)16-26/h7-9,12-14,17,21,25-26H,2-6,10-11,15-16,24H2,1H3/t17-,21+. The summed E-state index contributed by atoms with van der Waals surface area (Å²) in [4.78, 5) is 0. The lowest BCUT2D eigenvalue weighted by molar-refractivity contribution is 0.121. The molecule has 4 nitrogen and oxygen atoms in total. The number of aliphatic hydroxyl groups excluding tert-OH is 2. The molecule has 27 heavy (non-hydrogen) atoms. The van der Waals surface area contributed by atoms with Gasteiger partial charge in [0.2, 0.25) is 0 Å². The fourth-order valence-corrected chi connectivity index (χ4v) is 4.06. The number of unbranched alkanes of at least 4 members (excludes halogenated alkanes) is 1. The summed E-state index contributed by atoms with van der Waals surface area (Å²) in [6.45, 7) is 1.67. The SMILES string of the molecule is CCCC[C@H]1CC[C@@H](Oc2ccc3cc(C(N)(CO)CO)ccc3c2)CC1. The molecule has 0 radical (unpaired) electrons. The van der Waals surface area contributed by atoms with E-state index in [-0.39, 0.29) is 13.2 Å². The second-order valence-electron chi connectivity index (χ2n) is 8.10. The number of benzene rings is 2. The molecule has 1 saturated carbocycles. The molecule has 1 fully saturated rings. The molecule has 0 saturated heterocycles. The average molecular weight is 372 g/mol. The van der Waals surface area contributed by atoms with Gasteiger partial charge >= 0.3 is 0 Å². The molecule has 4 heteroatoms. The predicted molar refractivity (Wildman–Crippen MR) is 110 cm³/mol. The van der Waals surface area contributed by atoms with Crippen molar-refractivity contribution in [3.8, 4) is 5.75 Å². The van der Waals surface area contributed by atoms with Crippen LogP contribution in [-0.4, -0.2) is 29.5 Å².